The number of aliphatic hydroxyl groups is 1. The highest BCUT2D eigenvalue weighted by molar-refractivity contribution is 6.01. The monoisotopic (exact) mass is 419 g/mol. The molecule has 0 aliphatic heterocycles. The van der Waals surface area contributed by atoms with Crippen LogP contribution in [0.3, 0.4) is 0 Å². The van der Waals surface area contributed by atoms with Gasteiger partial charge in [-0.3, -0.25) is 4.79 Å². The number of nitrogens with one attached hydrogen (secondary N) is 2. The van der Waals surface area contributed by atoms with Crippen molar-refractivity contribution in [2.24, 2.45) is 0 Å². The molecule has 1 aliphatic rings. The number of amides is 1. The van der Waals surface area contributed by atoms with Crippen LogP contribution in [0.1, 0.15) is 43.1 Å². The smallest absolute Gasteiger partial charge is 0.256 e. The Labute approximate surface area is 179 Å². The Hall–Kier alpha value is -3.46. The van der Waals surface area contributed by atoms with E-state index in [1.807, 2.05) is 25.2 Å². The zero-order chi connectivity index (χ0) is 21.7. The van der Waals surface area contributed by atoms with Crippen molar-refractivity contribution in [2.45, 2.75) is 44.9 Å². The number of carbonyl (C=O) groups excluding carboxylic acids is 1. The lowest BCUT2D eigenvalue weighted by atomic mass is 9.89. The topological polar surface area (TPSA) is 109 Å². The molecule has 0 atom stereocenters. The Bertz CT molecular complexity index is 1280. The van der Waals surface area contributed by atoms with Crippen molar-refractivity contribution < 1.29 is 9.90 Å². The second kappa shape index (κ2) is 7.35. The van der Waals surface area contributed by atoms with E-state index >= 15 is 0 Å². The molecule has 0 bridgehead atoms. The normalized spacial score (nSPS) is 18.5. The molecular formula is C22H25N7O2. The van der Waals surface area contributed by atoms with Crippen LogP contribution in [-0.4, -0.2) is 54.4 Å². The molecule has 1 fully saturated rings. The van der Waals surface area contributed by atoms with Crippen molar-refractivity contribution in [2.75, 3.05) is 12.4 Å². The van der Waals surface area contributed by atoms with Crippen LogP contribution in [0, 0.1) is 0 Å². The Morgan fingerprint density at radius 2 is 2.10 bits per heavy atom. The second-order valence-corrected chi connectivity index (χ2v) is 8.28. The van der Waals surface area contributed by atoms with Crippen LogP contribution in [0.4, 0.5) is 5.82 Å². The SMILES string of the molecule is CNc1cc(-c2cn(C(C)C)c3ncccc23)nc2c(C(=O)N[C@H]3C[C@H](O)C3)cnn12. The van der Waals surface area contributed by atoms with Crippen LogP contribution in [0.25, 0.3) is 27.9 Å². The maximum Gasteiger partial charge on any atom is 0.256 e. The number of hydrogen-bond donors (Lipinski definition) is 3. The summed E-state index contributed by atoms with van der Waals surface area (Å²) in [5.74, 6) is 0.498. The third-order valence-corrected chi connectivity index (χ3v) is 5.84. The Balaban J connectivity index is 1.64. The summed E-state index contributed by atoms with van der Waals surface area (Å²) in [5.41, 5.74) is 3.47. The number of aromatic nitrogens is 5. The molecular weight excluding hydrogens is 394 g/mol. The van der Waals surface area contributed by atoms with Gasteiger partial charge in [-0.1, -0.05) is 0 Å². The first-order valence-corrected chi connectivity index (χ1v) is 10.5. The van der Waals surface area contributed by atoms with Crippen molar-refractivity contribution in [3.8, 4) is 11.3 Å². The highest BCUT2D eigenvalue weighted by Crippen LogP contribution is 2.32. The highest BCUT2D eigenvalue weighted by Gasteiger charge is 2.30. The summed E-state index contributed by atoms with van der Waals surface area (Å²) in [6, 6.07) is 6.11. The van der Waals surface area contributed by atoms with Crippen LogP contribution < -0.4 is 10.6 Å². The Morgan fingerprint density at radius 3 is 2.81 bits per heavy atom. The van der Waals surface area contributed by atoms with E-state index in [1.165, 1.54) is 6.20 Å². The van der Waals surface area contributed by atoms with Crippen LogP contribution in [0.2, 0.25) is 0 Å². The molecule has 1 amide bonds. The minimum Gasteiger partial charge on any atom is -0.393 e. The van der Waals surface area contributed by atoms with Crippen molar-refractivity contribution in [1.82, 2.24) is 29.5 Å². The van der Waals surface area contributed by atoms with Gasteiger partial charge in [0.2, 0.25) is 0 Å². The molecule has 9 nitrogen and oxygen atoms in total. The molecule has 3 N–H and O–H groups in total. The number of fused-ring (bicyclic) bond motifs is 2. The van der Waals surface area contributed by atoms with Crippen LogP contribution in [0.5, 0.6) is 0 Å². The van der Waals surface area contributed by atoms with Gasteiger partial charge < -0.3 is 20.3 Å². The van der Waals surface area contributed by atoms with Gasteiger partial charge >= 0.3 is 0 Å². The average molecular weight is 419 g/mol. The maximum absolute atomic E-state index is 12.9. The molecule has 0 radical (unpaired) electrons. The summed E-state index contributed by atoms with van der Waals surface area (Å²) >= 11 is 0. The first-order chi connectivity index (χ1) is 15.0. The number of pyridine rings is 1. The molecule has 0 saturated heterocycles. The van der Waals surface area contributed by atoms with Gasteiger partial charge in [0.1, 0.15) is 17.0 Å². The summed E-state index contributed by atoms with van der Waals surface area (Å²) in [6.07, 6.45) is 6.21. The molecule has 160 valence electrons. The summed E-state index contributed by atoms with van der Waals surface area (Å²) < 4.78 is 3.76. The van der Waals surface area contributed by atoms with Gasteiger partial charge in [0.05, 0.1) is 18.0 Å². The van der Waals surface area contributed by atoms with Crippen molar-refractivity contribution >= 4 is 28.4 Å². The number of nitrogens with zero attached hydrogens (tertiary/aromatic N) is 5. The van der Waals surface area contributed by atoms with Gasteiger partial charge in [0.25, 0.3) is 5.91 Å². The molecule has 1 aliphatic carbocycles. The van der Waals surface area contributed by atoms with Crippen LogP contribution in [0.15, 0.2) is 36.8 Å². The number of hydrogen-bond acceptors (Lipinski definition) is 6. The highest BCUT2D eigenvalue weighted by atomic mass is 16.3. The van der Waals surface area contributed by atoms with E-state index in [9.17, 15) is 9.90 Å². The molecule has 9 heteroatoms. The van der Waals surface area contributed by atoms with E-state index in [1.54, 1.807) is 10.7 Å². The van der Waals surface area contributed by atoms with E-state index < -0.39 is 0 Å². The third-order valence-electron chi connectivity index (χ3n) is 5.84. The number of carbonyl (C=O) groups is 1. The number of aliphatic hydroxyl groups excluding tert-OH is 1. The molecule has 0 aromatic carbocycles. The predicted octanol–water partition coefficient (Wildman–Crippen LogP) is 2.62. The van der Waals surface area contributed by atoms with Crippen LogP contribution >= 0.6 is 0 Å². The van der Waals surface area contributed by atoms with Gasteiger partial charge in [-0.15, -0.1) is 0 Å². The van der Waals surface area contributed by atoms with Crippen molar-refractivity contribution in [3.05, 3.63) is 42.4 Å². The van der Waals surface area contributed by atoms with Crippen molar-refractivity contribution in [1.29, 1.82) is 0 Å². The number of anilines is 1. The lowest BCUT2D eigenvalue weighted by Gasteiger charge is -2.31. The zero-order valence-corrected chi connectivity index (χ0v) is 17.7. The van der Waals surface area contributed by atoms with Gasteiger partial charge in [-0.25, -0.2) is 9.97 Å². The van der Waals surface area contributed by atoms with Gasteiger partial charge in [-0.2, -0.15) is 9.61 Å². The molecule has 5 rings (SSSR count). The Morgan fingerprint density at radius 1 is 1.29 bits per heavy atom. The molecule has 0 spiro atoms. The fourth-order valence-electron chi connectivity index (χ4n) is 4.09. The fraction of sp³-hybridized carbons (Fsp3) is 0.364. The second-order valence-electron chi connectivity index (χ2n) is 8.28. The average Bonchev–Trinajstić information content (AvgIpc) is 3.34. The molecule has 4 aromatic heterocycles. The summed E-state index contributed by atoms with van der Waals surface area (Å²) in [5, 5.41) is 21.0. The van der Waals surface area contributed by atoms with Crippen molar-refractivity contribution in [3.63, 3.8) is 0 Å². The molecule has 0 unspecified atom stereocenters. The first kappa shape index (κ1) is 19.5. The predicted molar refractivity (Wildman–Crippen MR) is 118 cm³/mol. The minimum absolute atomic E-state index is 0.0144. The maximum atomic E-state index is 12.9. The first-order valence-electron chi connectivity index (χ1n) is 10.5. The van der Waals surface area contributed by atoms with E-state index in [4.69, 9.17) is 4.98 Å². The van der Waals surface area contributed by atoms with Gasteiger partial charge in [0, 0.05) is 48.5 Å². The third kappa shape index (κ3) is 3.21. The van der Waals surface area contributed by atoms with Gasteiger partial charge in [-0.05, 0) is 38.8 Å². The van der Waals surface area contributed by atoms with E-state index in [2.05, 4.69) is 45.3 Å². The fourth-order valence-corrected chi connectivity index (χ4v) is 4.09. The molecule has 4 aromatic rings. The molecule has 4 heterocycles. The standard InChI is InChI=1S/C22H25N7O2/c1-12(2)28-11-17(15-5-4-6-24-20(15)28)18-9-19(23-3)29-21(27-18)16(10-25-29)22(31)26-13-7-14(30)8-13/h4-6,9-14,23,30H,7-8H2,1-3H3,(H,26,31)/t13-,14-. The van der Waals surface area contributed by atoms with E-state index in [-0.39, 0.29) is 24.1 Å². The zero-order valence-electron chi connectivity index (χ0n) is 17.7. The molecule has 1 saturated carbocycles. The van der Waals surface area contributed by atoms with E-state index in [0.29, 0.717) is 24.1 Å². The summed E-state index contributed by atoms with van der Waals surface area (Å²) in [7, 11) is 1.81. The Kier molecular flexibility index (Phi) is 4.62. The largest absolute Gasteiger partial charge is 0.393 e. The lowest BCUT2D eigenvalue weighted by Crippen LogP contribution is -2.46. The van der Waals surface area contributed by atoms with Crippen LogP contribution in [-0.2, 0) is 0 Å². The lowest BCUT2D eigenvalue weighted by molar-refractivity contribution is 0.0563. The minimum atomic E-state index is -0.332. The quantitative estimate of drug-likeness (QED) is 0.459. The number of rotatable bonds is 5. The van der Waals surface area contributed by atoms with E-state index in [0.717, 1.165) is 28.1 Å². The summed E-state index contributed by atoms with van der Waals surface area (Å²) in [6.45, 7) is 4.23. The summed E-state index contributed by atoms with van der Waals surface area (Å²) in [4.78, 5) is 22.3. The molecule has 31 heavy (non-hydrogen) atoms. The van der Waals surface area contributed by atoms with Gasteiger partial charge in [0.15, 0.2) is 5.65 Å².